The van der Waals surface area contributed by atoms with Crippen molar-refractivity contribution in [2.45, 2.75) is 38.5 Å². The Hall–Kier alpha value is -3.61. The minimum Gasteiger partial charge on any atom is -0.445 e. The van der Waals surface area contributed by atoms with Gasteiger partial charge in [0.05, 0.1) is 12.7 Å². The quantitative estimate of drug-likeness (QED) is 0.636. The standard InChI is InChI=1S/C25H26N4O3/c1-27-23-14-19-10-5-6-11-21(19)29(16-20(23)15-26-27)24(30)22-12-7-13-28(22)25(31)32-17-18-8-3-2-4-9-18/h2-6,8-11,15,22H,7,12-14,16-17H2,1H3. The lowest BCUT2D eigenvalue weighted by atomic mass is 10.1. The van der Waals surface area contributed by atoms with Gasteiger partial charge in [0.2, 0.25) is 5.91 Å². The lowest BCUT2D eigenvalue weighted by Crippen LogP contribution is -2.48. The Labute approximate surface area is 187 Å². The fraction of sp³-hybridized carbons (Fsp3) is 0.320. The van der Waals surface area contributed by atoms with Crippen molar-refractivity contribution in [1.29, 1.82) is 0 Å². The number of para-hydroxylation sites is 1. The zero-order chi connectivity index (χ0) is 22.1. The van der Waals surface area contributed by atoms with E-state index in [-0.39, 0.29) is 12.5 Å². The summed E-state index contributed by atoms with van der Waals surface area (Å²) >= 11 is 0. The summed E-state index contributed by atoms with van der Waals surface area (Å²) in [5, 5.41) is 4.39. The molecule has 7 nitrogen and oxygen atoms in total. The molecule has 2 aromatic carbocycles. The fourth-order valence-corrected chi connectivity index (χ4v) is 4.65. The molecule has 32 heavy (non-hydrogen) atoms. The molecule has 1 atom stereocenters. The van der Waals surface area contributed by atoms with E-state index in [9.17, 15) is 9.59 Å². The van der Waals surface area contributed by atoms with E-state index in [0.717, 1.165) is 40.9 Å². The van der Waals surface area contributed by atoms with Gasteiger partial charge in [-0.15, -0.1) is 0 Å². The van der Waals surface area contributed by atoms with Crippen LogP contribution in [0.2, 0.25) is 0 Å². The van der Waals surface area contributed by atoms with Gasteiger partial charge in [0.1, 0.15) is 12.6 Å². The molecule has 5 rings (SSSR count). The van der Waals surface area contributed by atoms with Crippen molar-refractivity contribution in [1.82, 2.24) is 14.7 Å². The lowest BCUT2D eigenvalue weighted by Gasteiger charge is -2.30. The maximum atomic E-state index is 13.8. The second kappa shape index (κ2) is 8.49. The maximum absolute atomic E-state index is 13.8. The number of hydrogen-bond donors (Lipinski definition) is 0. The summed E-state index contributed by atoms with van der Waals surface area (Å²) < 4.78 is 7.41. The average molecular weight is 431 g/mol. The van der Waals surface area contributed by atoms with Crippen LogP contribution in [0.15, 0.2) is 60.8 Å². The number of aromatic nitrogens is 2. The van der Waals surface area contributed by atoms with Gasteiger partial charge >= 0.3 is 6.09 Å². The summed E-state index contributed by atoms with van der Waals surface area (Å²) in [5.74, 6) is -0.0664. The summed E-state index contributed by atoms with van der Waals surface area (Å²) in [6.07, 6.45) is 3.54. The van der Waals surface area contributed by atoms with Crippen molar-refractivity contribution in [2.24, 2.45) is 7.05 Å². The van der Waals surface area contributed by atoms with E-state index in [2.05, 4.69) is 11.2 Å². The number of nitrogens with zero attached hydrogens (tertiary/aromatic N) is 4. The number of hydrogen-bond acceptors (Lipinski definition) is 4. The third-order valence-corrected chi connectivity index (χ3v) is 6.36. The van der Waals surface area contributed by atoms with Gasteiger partial charge in [-0.1, -0.05) is 48.5 Å². The van der Waals surface area contributed by atoms with Crippen LogP contribution in [0.25, 0.3) is 0 Å². The zero-order valence-electron chi connectivity index (χ0n) is 18.1. The molecule has 0 bridgehead atoms. The second-order valence-corrected chi connectivity index (χ2v) is 8.36. The van der Waals surface area contributed by atoms with Crippen LogP contribution in [0.3, 0.4) is 0 Å². The van der Waals surface area contributed by atoms with Crippen molar-refractivity contribution in [3.05, 3.63) is 83.2 Å². The van der Waals surface area contributed by atoms with Crippen LogP contribution in [0.4, 0.5) is 10.5 Å². The predicted octanol–water partition coefficient (Wildman–Crippen LogP) is 3.66. The maximum Gasteiger partial charge on any atom is 0.410 e. The molecule has 0 aliphatic carbocycles. The highest BCUT2D eigenvalue weighted by molar-refractivity contribution is 5.99. The first kappa shape index (κ1) is 20.3. The van der Waals surface area contributed by atoms with Crippen LogP contribution in [0.1, 0.15) is 35.2 Å². The van der Waals surface area contributed by atoms with Crippen molar-refractivity contribution >= 4 is 17.7 Å². The predicted molar refractivity (Wildman–Crippen MR) is 120 cm³/mol. The van der Waals surface area contributed by atoms with Crippen LogP contribution in [0.5, 0.6) is 0 Å². The Bertz CT molecular complexity index is 1140. The van der Waals surface area contributed by atoms with Gasteiger partial charge in [-0.3, -0.25) is 14.4 Å². The molecule has 1 fully saturated rings. The highest BCUT2D eigenvalue weighted by Gasteiger charge is 2.39. The van der Waals surface area contributed by atoms with E-state index in [0.29, 0.717) is 19.5 Å². The molecule has 0 radical (unpaired) electrons. The molecule has 164 valence electrons. The highest BCUT2D eigenvalue weighted by Crippen LogP contribution is 2.32. The van der Waals surface area contributed by atoms with Crippen LogP contribution >= 0.6 is 0 Å². The molecule has 2 aliphatic rings. The van der Waals surface area contributed by atoms with E-state index < -0.39 is 12.1 Å². The SMILES string of the molecule is Cn1ncc2c1Cc1ccccc1N(C(=O)C1CCCN1C(=O)OCc1ccccc1)C2. The lowest BCUT2D eigenvalue weighted by molar-refractivity contribution is -0.122. The van der Waals surface area contributed by atoms with E-state index in [1.165, 1.54) is 0 Å². The normalized spacial score (nSPS) is 17.5. The third-order valence-electron chi connectivity index (χ3n) is 6.36. The van der Waals surface area contributed by atoms with E-state index in [1.807, 2.05) is 71.4 Å². The number of anilines is 1. The number of benzene rings is 2. The second-order valence-electron chi connectivity index (χ2n) is 8.36. The molecule has 1 aromatic heterocycles. The summed E-state index contributed by atoms with van der Waals surface area (Å²) in [5.41, 5.74) is 5.05. The molecule has 3 heterocycles. The fourth-order valence-electron chi connectivity index (χ4n) is 4.65. The Balaban J connectivity index is 1.38. The molecule has 3 aromatic rings. The minimum absolute atomic E-state index is 0.0664. The zero-order valence-corrected chi connectivity index (χ0v) is 18.1. The smallest absolute Gasteiger partial charge is 0.410 e. The Morgan fingerprint density at radius 1 is 1.06 bits per heavy atom. The van der Waals surface area contributed by atoms with Gasteiger partial charge in [-0.05, 0) is 30.0 Å². The molecular weight excluding hydrogens is 404 g/mol. The number of amides is 2. The van der Waals surface area contributed by atoms with Gasteiger partial charge in [0.15, 0.2) is 0 Å². The van der Waals surface area contributed by atoms with Crippen LogP contribution < -0.4 is 4.90 Å². The third kappa shape index (κ3) is 3.75. The highest BCUT2D eigenvalue weighted by atomic mass is 16.6. The van der Waals surface area contributed by atoms with E-state index in [4.69, 9.17) is 4.74 Å². The number of rotatable bonds is 3. The van der Waals surface area contributed by atoms with Gasteiger partial charge < -0.3 is 9.64 Å². The average Bonchev–Trinajstić information content (AvgIpc) is 3.40. The number of ether oxygens (including phenoxy) is 1. The number of likely N-dealkylation sites (tertiary alicyclic amines) is 1. The van der Waals surface area contributed by atoms with Crippen molar-refractivity contribution in [3.63, 3.8) is 0 Å². The monoisotopic (exact) mass is 430 g/mol. The van der Waals surface area contributed by atoms with Gasteiger partial charge in [0, 0.05) is 37.0 Å². The van der Waals surface area contributed by atoms with Crippen molar-refractivity contribution in [3.8, 4) is 0 Å². The Morgan fingerprint density at radius 3 is 2.69 bits per heavy atom. The molecule has 0 saturated carbocycles. The summed E-state index contributed by atoms with van der Waals surface area (Å²) in [4.78, 5) is 30.0. The van der Waals surface area contributed by atoms with E-state index >= 15 is 0 Å². The van der Waals surface area contributed by atoms with Crippen LogP contribution in [-0.2, 0) is 36.2 Å². The molecule has 1 saturated heterocycles. The van der Waals surface area contributed by atoms with Gasteiger partial charge in [-0.2, -0.15) is 5.10 Å². The van der Waals surface area contributed by atoms with Crippen LogP contribution in [-0.4, -0.2) is 39.3 Å². The number of aryl methyl sites for hydroxylation is 1. The number of carbonyl (C=O) groups is 2. The summed E-state index contributed by atoms with van der Waals surface area (Å²) in [6.45, 7) is 1.17. The van der Waals surface area contributed by atoms with Gasteiger partial charge in [0.25, 0.3) is 0 Å². The molecule has 1 unspecified atom stereocenters. The molecule has 0 N–H and O–H groups in total. The molecule has 0 spiro atoms. The Morgan fingerprint density at radius 2 is 1.84 bits per heavy atom. The topological polar surface area (TPSA) is 67.7 Å². The molecule has 2 aliphatic heterocycles. The minimum atomic E-state index is -0.524. The first-order valence-corrected chi connectivity index (χ1v) is 11.0. The van der Waals surface area contributed by atoms with Gasteiger partial charge in [-0.25, -0.2) is 4.79 Å². The molecular formula is C25H26N4O3. The Kier molecular flexibility index (Phi) is 5.39. The summed E-state index contributed by atoms with van der Waals surface area (Å²) in [7, 11) is 1.93. The largest absolute Gasteiger partial charge is 0.445 e. The molecule has 2 amide bonds. The number of fused-ring (bicyclic) bond motifs is 2. The first-order valence-electron chi connectivity index (χ1n) is 11.0. The van der Waals surface area contributed by atoms with Crippen molar-refractivity contribution in [2.75, 3.05) is 11.4 Å². The summed E-state index contributed by atoms with van der Waals surface area (Å²) in [6, 6.07) is 17.0. The molecule has 7 heteroatoms. The van der Waals surface area contributed by atoms with Crippen LogP contribution in [0, 0.1) is 0 Å². The first-order chi connectivity index (χ1) is 15.6. The van der Waals surface area contributed by atoms with E-state index in [1.54, 1.807) is 4.90 Å². The number of carbonyl (C=O) groups excluding carboxylic acids is 2. The van der Waals surface area contributed by atoms with Crippen molar-refractivity contribution < 1.29 is 14.3 Å².